The molecule has 2 aromatic carbocycles. The van der Waals surface area contributed by atoms with Gasteiger partial charge < -0.3 is 0 Å². The maximum Gasteiger partial charge on any atom is 0.146 e. The third-order valence-corrected chi connectivity index (χ3v) is 2.95. The van der Waals surface area contributed by atoms with E-state index in [1.165, 1.54) is 6.21 Å². The molecule has 0 fully saturated rings. The van der Waals surface area contributed by atoms with Crippen LogP contribution in [0.5, 0.6) is 0 Å². The third-order valence-electron chi connectivity index (χ3n) is 2.37. The van der Waals surface area contributed by atoms with Crippen LogP contribution in [0.2, 0.25) is 0 Å². The van der Waals surface area contributed by atoms with Gasteiger partial charge in [0.25, 0.3) is 0 Å². The van der Waals surface area contributed by atoms with E-state index in [0.717, 1.165) is 11.3 Å². The van der Waals surface area contributed by atoms with E-state index < -0.39 is 0 Å². The number of hydrogen-bond donors (Lipinski definition) is 1. The van der Waals surface area contributed by atoms with E-state index in [1.807, 2.05) is 37.3 Å². The minimum atomic E-state index is -0.306. The minimum absolute atomic E-state index is 0.306. The number of rotatable bonds is 3. The maximum atomic E-state index is 13.7. The van der Waals surface area contributed by atoms with Gasteiger partial charge in [-0.1, -0.05) is 18.2 Å². The molecule has 0 radical (unpaired) electrons. The predicted octanol–water partition coefficient (Wildman–Crippen LogP) is 4.34. The van der Waals surface area contributed by atoms with Gasteiger partial charge in [-0.15, -0.1) is 0 Å². The Morgan fingerprint density at radius 2 is 1.94 bits per heavy atom. The average Bonchev–Trinajstić information content (AvgIpc) is 2.36. The summed E-state index contributed by atoms with van der Waals surface area (Å²) in [6, 6.07) is 13.0. The van der Waals surface area contributed by atoms with E-state index in [1.54, 1.807) is 12.1 Å². The second kappa shape index (κ2) is 5.78. The summed E-state index contributed by atoms with van der Waals surface area (Å²) in [5.74, 6) is -0.306. The first-order valence-electron chi connectivity index (χ1n) is 5.46. The fourth-order valence-electron chi connectivity index (χ4n) is 1.53. The number of halogens is 2. The Morgan fingerprint density at radius 1 is 1.22 bits per heavy atom. The monoisotopic (exact) mass is 306 g/mol. The van der Waals surface area contributed by atoms with E-state index in [9.17, 15) is 4.39 Å². The first-order chi connectivity index (χ1) is 8.66. The van der Waals surface area contributed by atoms with Crippen molar-refractivity contribution in [2.45, 2.75) is 6.92 Å². The molecule has 0 saturated carbocycles. The van der Waals surface area contributed by atoms with Crippen LogP contribution in [0, 0.1) is 12.7 Å². The SMILES string of the molecule is Cc1cc(Br)c(F)c(C=NNc2ccccc2)c1. The van der Waals surface area contributed by atoms with Gasteiger partial charge >= 0.3 is 0 Å². The van der Waals surface area contributed by atoms with E-state index >= 15 is 0 Å². The Balaban J connectivity index is 2.15. The highest BCUT2D eigenvalue weighted by Crippen LogP contribution is 2.20. The molecule has 0 unspecified atom stereocenters. The zero-order chi connectivity index (χ0) is 13.0. The van der Waals surface area contributed by atoms with E-state index in [2.05, 4.69) is 26.5 Å². The van der Waals surface area contributed by atoms with Crippen LogP contribution in [0.1, 0.15) is 11.1 Å². The molecule has 4 heteroatoms. The highest BCUT2D eigenvalue weighted by Gasteiger charge is 2.05. The number of nitrogens with one attached hydrogen (secondary N) is 1. The second-order valence-corrected chi connectivity index (χ2v) is 4.74. The molecule has 0 heterocycles. The highest BCUT2D eigenvalue weighted by atomic mass is 79.9. The van der Waals surface area contributed by atoms with Crippen molar-refractivity contribution < 1.29 is 4.39 Å². The number of para-hydroxylation sites is 1. The van der Waals surface area contributed by atoms with Crippen LogP contribution < -0.4 is 5.43 Å². The van der Waals surface area contributed by atoms with Crippen molar-refractivity contribution in [2.75, 3.05) is 5.43 Å². The molecule has 0 bridgehead atoms. The molecule has 0 amide bonds. The predicted molar refractivity (Wildman–Crippen MR) is 76.5 cm³/mol. The van der Waals surface area contributed by atoms with Crippen molar-refractivity contribution in [2.24, 2.45) is 5.10 Å². The van der Waals surface area contributed by atoms with Crippen LogP contribution in [0.4, 0.5) is 10.1 Å². The molecule has 2 rings (SSSR count). The molecule has 0 aliphatic rings. The van der Waals surface area contributed by atoms with E-state index in [0.29, 0.717) is 10.0 Å². The Labute approximate surface area is 114 Å². The number of nitrogens with zero attached hydrogens (tertiary/aromatic N) is 1. The van der Waals surface area contributed by atoms with Crippen molar-refractivity contribution in [1.29, 1.82) is 0 Å². The van der Waals surface area contributed by atoms with Crippen molar-refractivity contribution in [3.05, 3.63) is 63.9 Å². The number of hydrazone groups is 1. The lowest BCUT2D eigenvalue weighted by Gasteiger charge is -2.02. The van der Waals surface area contributed by atoms with E-state index in [4.69, 9.17) is 0 Å². The summed E-state index contributed by atoms with van der Waals surface area (Å²) in [4.78, 5) is 0. The Kier molecular flexibility index (Phi) is 4.10. The standard InChI is InChI=1S/C14H12BrFN2/c1-10-7-11(14(16)13(15)8-10)9-17-18-12-5-3-2-4-6-12/h2-9,18H,1H3. The molecule has 2 nitrogen and oxygen atoms in total. The highest BCUT2D eigenvalue weighted by molar-refractivity contribution is 9.10. The molecule has 2 aromatic rings. The molecule has 92 valence electrons. The van der Waals surface area contributed by atoms with Crippen molar-refractivity contribution >= 4 is 27.8 Å². The first kappa shape index (κ1) is 12.8. The van der Waals surface area contributed by atoms with Gasteiger partial charge in [0.2, 0.25) is 0 Å². The zero-order valence-electron chi connectivity index (χ0n) is 9.82. The molecular weight excluding hydrogens is 295 g/mol. The fourth-order valence-corrected chi connectivity index (χ4v) is 2.12. The van der Waals surface area contributed by atoms with Crippen molar-refractivity contribution in [3.8, 4) is 0 Å². The van der Waals surface area contributed by atoms with Gasteiger partial charge in [0.15, 0.2) is 0 Å². The number of hydrogen-bond acceptors (Lipinski definition) is 2. The van der Waals surface area contributed by atoms with Crippen LogP contribution in [-0.4, -0.2) is 6.21 Å². The number of anilines is 1. The zero-order valence-corrected chi connectivity index (χ0v) is 11.4. The molecule has 0 aliphatic carbocycles. The van der Waals surface area contributed by atoms with Gasteiger partial charge in [-0.3, -0.25) is 5.43 Å². The summed E-state index contributed by atoms with van der Waals surface area (Å²) in [7, 11) is 0. The smallest absolute Gasteiger partial charge is 0.146 e. The minimum Gasteiger partial charge on any atom is -0.279 e. The van der Waals surface area contributed by atoms with Gasteiger partial charge in [0, 0.05) is 5.56 Å². The molecule has 0 saturated heterocycles. The molecule has 0 aliphatic heterocycles. The summed E-state index contributed by atoms with van der Waals surface area (Å²) in [6.45, 7) is 1.91. The summed E-state index contributed by atoms with van der Waals surface area (Å²) in [5, 5.41) is 4.02. The maximum absolute atomic E-state index is 13.7. The van der Waals surface area contributed by atoms with Crippen LogP contribution in [0.15, 0.2) is 52.0 Å². The molecule has 0 aromatic heterocycles. The van der Waals surface area contributed by atoms with Gasteiger partial charge in [-0.2, -0.15) is 5.10 Å². The summed E-state index contributed by atoms with van der Waals surface area (Å²) >= 11 is 3.18. The first-order valence-corrected chi connectivity index (χ1v) is 6.26. The van der Waals surface area contributed by atoms with Gasteiger partial charge in [0.05, 0.1) is 16.4 Å². The van der Waals surface area contributed by atoms with Crippen LogP contribution in [0.3, 0.4) is 0 Å². The molecule has 1 N–H and O–H groups in total. The Bertz CT molecular complexity index is 568. The molecule has 0 spiro atoms. The molecule has 0 atom stereocenters. The lowest BCUT2D eigenvalue weighted by Crippen LogP contribution is -1.95. The van der Waals surface area contributed by atoms with Crippen LogP contribution >= 0.6 is 15.9 Å². The number of aryl methyl sites for hydroxylation is 1. The molecular formula is C14H12BrFN2. The quantitative estimate of drug-likeness (QED) is 0.662. The topological polar surface area (TPSA) is 24.4 Å². The van der Waals surface area contributed by atoms with Gasteiger partial charge in [-0.05, 0) is 52.7 Å². The summed E-state index contributed by atoms with van der Waals surface area (Å²) in [5.41, 5.74) is 5.13. The summed E-state index contributed by atoms with van der Waals surface area (Å²) in [6.07, 6.45) is 1.47. The van der Waals surface area contributed by atoms with Gasteiger partial charge in [0.1, 0.15) is 5.82 Å². The lowest BCUT2D eigenvalue weighted by atomic mass is 10.1. The van der Waals surface area contributed by atoms with Gasteiger partial charge in [-0.25, -0.2) is 4.39 Å². The third kappa shape index (κ3) is 3.17. The fraction of sp³-hybridized carbons (Fsp3) is 0.0714. The summed E-state index contributed by atoms with van der Waals surface area (Å²) < 4.78 is 14.2. The molecule has 18 heavy (non-hydrogen) atoms. The largest absolute Gasteiger partial charge is 0.279 e. The average molecular weight is 307 g/mol. The van der Waals surface area contributed by atoms with Crippen LogP contribution in [-0.2, 0) is 0 Å². The Morgan fingerprint density at radius 3 is 2.67 bits per heavy atom. The lowest BCUT2D eigenvalue weighted by molar-refractivity contribution is 0.618. The number of benzene rings is 2. The van der Waals surface area contributed by atoms with Crippen molar-refractivity contribution in [3.63, 3.8) is 0 Å². The normalized spacial score (nSPS) is 10.8. The van der Waals surface area contributed by atoms with E-state index in [-0.39, 0.29) is 5.82 Å². The second-order valence-electron chi connectivity index (χ2n) is 3.89. The van der Waals surface area contributed by atoms with Crippen molar-refractivity contribution in [1.82, 2.24) is 0 Å². The Hall–Kier alpha value is -1.68. The van der Waals surface area contributed by atoms with Crippen LogP contribution in [0.25, 0.3) is 0 Å².